The minimum atomic E-state index is -4.70. The number of piperidine rings is 2. The zero-order valence-electron chi connectivity index (χ0n) is 19.1. The van der Waals surface area contributed by atoms with Crippen molar-refractivity contribution in [2.24, 2.45) is 0 Å². The average Bonchev–Trinajstić information content (AvgIpc) is 2.77. The van der Waals surface area contributed by atoms with E-state index in [-0.39, 0.29) is 19.3 Å². The predicted molar refractivity (Wildman–Crippen MR) is 117 cm³/mol. The SMILES string of the molecule is CC(OC(=O)N1CCC[C@H](NS(C)(=O)=O)[C@@H]1COC1CCN(c2ncccn2)CC1)C(F)(F)F. The number of alkyl halides is 3. The molecule has 10 nitrogen and oxygen atoms in total. The summed E-state index contributed by atoms with van der Waals surface area (Å²) in [6.45, 7) is 2.17. The molecule has 192 valence electrons. The molecule has 3 rings (SSSR count). The Morgan fingerprint density at radius 1 is 1.21 bits per heavy atom. The van der Waals surface area contributed by atoms with E-state index in [2.05, 4.69) is 19.4 Å². The normalized spacial score (nSPS) is 23.6. The molecule has 2 fully saturated rings. The van der Waals surface area contributed by atoms with Crippen LogP contribution >= 0.6 is 0 Å². The summed E-state index contributed by atoms with van der Waals surface area (Å²) in [6.07, 6.45) is -1.82. The van der Waals surface area contributed by atoms with Crippen LogP contribution in [-0.2, 0) is 19.5 Å². The average molecular weight is 510 g/mol. The zero-order chi connectivity index (χ0) is 24.9. The van der Waals surface area contributed by atoms with E-state index < -0.39 is 40.5 Å². The number of aromatic nitrogens is 2. The Labute approximate surface area is 196 Å². The zero-order valence-corrected chi connectivity index (χ0v) is 19.9. The number of nitrogens with one attached hydrogen (secondary N) is 1. The van der Waals surface area contributed by atoms with Gasteiger partial charge in [-0.1, -0.05) is 0 Å². The molecule has 1 amide bonds. The lowest BCUT2D eigenvalue weighted by molar-refractivity contribution is -0.200. The van der Waals surface area contributed by atoms with Crippen molar-refractivity contribution in [1.29, 1.82) is 0 Å². The van der Waals surface area contributed by atoms with E-state index in [4.69, 9.17) is 4.74 Å². The van der Waals surface area contributed by atoms with Gasteiger partial charge in [-0.2, -0.15) is 13.2 Å². The molecule has 1 unspecified atom stereocenters. The smallest absolute Gasteiger partial charge is 0.425 e. The van der Waals surface area contributed by atoms with E-state index >= 15 is 0 Å². The third-order valence-corrected chi connectivity index (χ3v) is 6.63. The van der Waals surface area contributed by atoms with Crippen LogP contribution in [0.25, 0.3) is 0 Å². The van der Waals surface area contributed by atoms with E-state index in [0.29, 0.717) is 44.7 Å². The predicted octanol–water partition coefficient (Wildman–Crippen LogP) is 1.93. The molecule has 0 bridgehead atoms. The molecule has 0 radical (unpaired) electrons. The molecule has 2 aliphatic heterocycles. The van der Waals surface area contributed by atoms with Gasteiger partial charge < -0.3 is 19.3 Å². The Hall–Kier alpha value is -2.19. The molecule has 14 heteroatoms. The van der Waals surface area contributed by atoms with Crippen LogP contribution in [0.5, 0.6) is 0 Å². The molecule has 0 saturated carbocycles. The number of carbonyl (C=O) groups is 1. The van der Waals surface area contributed by atoms with Crippen molar-refractivity contribution in [3.63, 3.8) is 0 Å². The van der Waals surface area contributed by atoms with Gasteiger partial charge in [0.15, 0.2) is 6.10 Å². The number of ether oxygens (including phenoxy) is 2. The molecule has 1 N–H and O–H groups in total. The number of amides is 1. The van der Waals surface area contributed by atoms with Crippen LogP contribution in [0.2, 0.25) is 0 Å². The fourth-order valence-corrected chi connectivity index (χ4v) is 4.92. The lowest BCUT2D eigenvalue weighted by Crippen LogP contribution is -2.59. The molecule has 3 atom stereocenters. The number of hydrogen-bond donors (Lipinski definition) is 1. The van der Waals surface area contributed by atoms with Gasteiger partial charge >= 0.3 is 12.3 Å². The van der Waals surface area contributed by atoms with Crippen molar-refractivity contribution in [3.05, 3.63) is 18.5 Å². The number of halogens is 3. The number of sulfonamides is 1. The van der Waals surface area contributed by atoms with Crippen LogP contribution in [0.3, 0.4) is 0 Å². The molecule has 1 aromatic heterocycles. The number of likely N-dealkylation sites (tertiary alicyclic amines) is 1. The summed E-state index contributed by atoms with van der Waals surface area (Å²) in [7, 11) is -3.62. The Morgan fingerprint density at radius 3 is 2.44 bits per heavy atom. The largest absolute Gasteiger partial charge is 0.437 e. The highest BCUT2D eigenvalue weighted by molar-refractivity contribution is 7.88. The Kier molecular flexibility index (Phi) is 8.57. The summed E-state index contributed by atoms with van der Waals surface area (Å²) in [5.74, 6) is 0.623. The first-order chi connectivity index (χ1) is 15.9. The van der Waals surface area contributed by atoms with Crippen LogP contribution in [0.1, 0.15) is 32.6 Å². The number of hydrogen-bond acceptors (Lipinski definition) is 8. The maximum Gasteiger partial charge on any atom is 0.425 e. The fraction of sp³-hybridized carbons (Fsp3) is 0.750. The van der Waals surface area contributed by atoms with Gasteiger partial charge in [-0.3, -0.25) is 0 Å². The second-order valence-corrected chi connectivity index (χ2v) is 10.3. The lowest BCUT2D eigenvalue weighted by Gasteiger charge is -2.41. The quantitative estimate of drug-likeness (QED) is 0.593. The van der Waals surface area contributed by atoms with Crippen LogP contribution in [-0.4, -0.2) is 92.3 Å². The molecular formula is C20H30F3N5O5S. The number of rotatable bonds is 7. The maximum atomic E-state index is 12.9. The second-order valence-electron chi connectivity index (χ2n) is 8.54. The standard InChI is InChI=1S/C20H30F3N5O5S/c1-14(20(21,22)23)33-19(29)28-10-3-5-16(26-34(2,30)31)17(28)13-32-15-6-11-27(12-7-15)18-24-8-4-9-25-18/h4,8-9,14-17,26H,3,5-7,10-13H2,1-2H3/t14?,16-,17-/m0/s1. The Morgan fingerprint density at radius 2 is 1.85 bits per heavy atom. The van der Waals surface area contributed by atoms with Crippen LogP contribution < -0.4 is 9.62 Å². The molecular weight excluding hydrogens is 479 g/mol. The summed E-state index contributed by atoms with van der Waals surface area (Å²) in [4.78, 5) is 24.2. The first-order valence-corrected chi connectivity index (χ1v) is 13.0. The van der Waals surface area contributed by atoms with Gasteiger partial charge in [0.05, 0.1) is 25.0 Å². The molecule has 34 heavy (non-hydrogen) atoms. The molecule has 1 aromatic rings. The monoisotopic (exact) mass is 509 g/mol. The summed E-state index contributed by atoms with van der Waals surface area (Å²) in [5, 5.41) is 0. The topological polar surface area (TPSA) is 114 Å². The van der Waals surface area contributed by atoms with Gasteiger partial charge in [-0.25, -0.2) is 27.9 Å². The van der Waals surface area contributed by atoms with Crippen molar-refractivity contribution in [1.82, 2.24) is 19.6 Å². The number of nitrogens with zero attached hydrogens (tertiary/aromatic N) is 4. The van der Waals surface area contributed by atoms with Gasteiger partial charge in [0.2, 0.25) is 16.0 Å². The van der Waals surface area contributed by atoms with E-state index in [0.717, 1.165) is 18.1 Å². The highest BCUT2D eigenvalue weighted by atomic mass is 32.2. The minimum Gasteiger partial charge on any atom is -0.437 e. The highest BCUT2D eigenvalue weighted by Crippen LogP contribution is 2.26. The molecule has 0 aromatic carbocycles. The summed E-state index contributed by atoms with van der Waals surface area (Å²) in [5.41, 5.74) is 0. The minimum absolute atomic E-state index is 0.0326. The van der Waals surface area contributed by atoms with Crippen LogP contribution in [0, 0.1) is 0 Å². The van der Waals surface area contributed by atoms with Gasteiger partial charge in [-0.05, 0) is 38.7 Å². The molecule has 0 spiro atoms. The maximum absolute atomic E-state index is 12.9. The first-order valence-electron chi connectivity index (χ1n) is 11.1. The Bertz CT molecular complexity index is 913. The highest BCUT2D eigenvalue weighted by Gasteiger charge is 2.43. The third-order valence-electron chi connectivity index (χ3n) is 5.90. The van der Waals surface area contributed by atoms with Gasteiger partial charge in [0.1, 0.15) is 0 Å². The summed E-state index contributed by atoms with van der Waals surface area (Å²) >= 11 is 0. The van der Waals surface area contributed by atoms with Crippen LogP contribution in [0.4, 0.5) is 23.9 Å². The van der Waals surface area contributed by atoms with Crippen molar-refractivity contribution >= 4 is 22.1 Å². The van der Waals surface area contributed by atoms with Crippen molar-refractivity contribution in [2.45, 2.75) is 63.1 Å². The van der Waals surface area contributed by atoms with E-state index in [9.17, 15) is 26.4 Å². The van der Waals surface area contributed by atoms with Gasteiger partial charge in [-0.15, -0.1) is 0 Å². The Balaban J connectivity index is 1.64. The summed E-state index contributed by atoms with van der Waals surface area (Å²) < 4.78 is 75.5. The van der Waals surface area contributed by atoms with Crippen LogP contribution in [0.15, 0.2) is 18.5 Å². The third kappa shape index (κ3) is 7.40. The summed E-state index contributed by atoms with van der Waals surface area (Å²) in [6, 6.07) is 0.235. The second kappa shape index (κ2) is 11.0. The van der Waals surface area contributed by atoms with E-state index in [1.54, 1.807) is 18.5 Å². The molecule has 3 heterocycles. The van der Waals surface area contributed by atoms with E-state index in [1.807, 2.05) is 4.90 Å². The molecule has 2 saturated heterocycles. The van der Waals surface area contributed by atoms with Gasteiger partial charge in [0.25, 0.3) is 0 Å². The molecule has 0 aliphatic carbocycles. The number of anilines is 1. The number of carbonyl (C=O) groups excluding carboxylic acids is 1. The van der Waals surface area contributed by atoms with Crippen molar-refractivity contribution in [2.75, 3.05) is 37.4 Å². The fourth-order valence-electron chi connectivity index (χ4n) is 4.10. The van der Waals surface area contributed by atoms with Crippen molar-refractivity contribution in [3.8, 4) is 0 Å². The lowest BCUT2D eigenvalue weighted by atomic mass is 9.97. The van der Waals surface area contributed by atoms with Crippen molar-refractivity contribution < 1.29 is 35.9 Å². The van der Waals surface area contributed by atoms with Gasteiger partial charge in [0, 0.05) is 38.1 Å². The van der Waals surface area contributed by atoms with E-state index in [1.165, 1.54) is 0 Å². The molecule has 2 aliphatic rings. The first kappa shape index (κ1) is 26.4.